The van der Waals surface area contributed by atoms with Gasteiger partial charge in [-0.05, 0) is 42.7 Å². The molecule has 0 fully saturated rings. The number of hydrogen-bond donors (Lipinski definition) is 1. The number of para-hydroxylation sites is 1. The SMILES string of the molecule is CCCC(c1ccc(C(=O)Nc2ccccc2C)cc1)n1ccnc1. The number of imidazole rings is 1. The molecule has 0 spiro atoms. The van der Waals surface area contributed by atoms with Crippen molar-refractivity contribution in [2.45, 2.75) is 32.7 Å². The van der Waals surface area contributed by atoms with Gasteiger partial charge in [-0.25, -0.2) is 4.98 Å². The number of nitrogens with one attached hydrogen (secondary N) is 1. The van der Waals surface area contributed by atoms with Crippen LogP contribution in [0.4, 0.5) is 5.69 Å². The number of benzene rings is 2. The van der Waals surface area contributed by atoms with Crippen molar-refractivity contribution in [1.29, 1.82) is 0 Å². The topological polar surface area (TPSA) is 46.9 Å². The summed E-state index contributed by atoms with van der Waals surface area (Å²) in [6.45, 7) is 4.16. The lowest BCUT2D eigenvalue weighted by Crippen LogP contribution is -2.13. The molecule has 0 aliphatic rings. The molecule has 2 aromatic carbocycles. The van der Waals surface area contributed by atoms with E-state index in [0.717, 1.165) is 24.1 Å². The molecule has 0 aliphatic heterocycles. The van der Waals surface area contributed by atoms with Crippen LogP contribution >= 0.6 is 0 Å². The van der Waals surface area contributed by atoms with Gasteiger partial charge in [-0.1, -0.05) is 43.7 Å². The number of nitrogens with zero attached hydrogens (tertiary/aromatic N) is 2. The number of aryl methyl sites for hydroxylation is 1. The van der Waals surface area contributed by atoms with Crippen molar-refractivity contribution in [2.75, 3.05) is 5.32 Å². The number of rotatable bonds is 6. The van der Waals surface area contributed by atoms with Gasteiger partial charge in [0.05, 0.1) is 12.4 Å². The monoisotopic (exact) mass is 333 g/mol. The first kappa shape index (κ1) is 17.0. The van der Waals surface area contributed by atoms with Crippen LogP contribution in [0.25, 0.3) is 0 Å². The Bertz CT molecular complexity index is 823. The number of aromatic nitrogens is 2. The van der Waals surface area contributed by atoms with Crippen molar-refractivity contribution in [3.05, 3.63) is 83.9 Å². The second-order valence-electron chi connectivity index (χ2n) is 6.21. The maximum atomic E-state index is 12.5. The molecular weight excluding hydrogens is 310 g/mol. The van der Waals surface area contributed by atoms with Gasteiger partial charge >= 0.3 is 0 Å². The van der Waals surface area contributed by atoms with Gasteiger partial charge in [0, 0.05) is 23.6 Å². The van der Waals surface area contributed by atoms with Crippen molar-refractivity contribution >= 4 is 11.6 Å². The summed E-state index contributed by atoms with van der Waals surface area (Å²) < 4.78 is 2.12. The molecule has 1 unspecified atom stereocenters. The minimum atomic E-state index is -0.0875. The molecule has 4 nitrogen and oxygen atoms in total. The van der Waals surface area contributed by atoms with Crippen molar-refractivity contribution in [1.82, 2.24) is 9.55 Å². The molecule has 0 radical (unpaired) electrons. The largest absolute Gasteiger partial charge is 0.330 e. The molecule has 1 heterocycles. The third-order valence-electron chi connectivity index (χ3n) is 4.40. The highest BCUT2D eigenvalue weighted by Gasteiger charge is 2.14. The van der Waals surface area contributed by atoms with E-state index in [4.69, 9.17) is 0 Å². The molecule has 1 aromatic heterocycles. The van der Waals surface area contributed by atoms with E-state index in [2.05, 4.69) is 21.8 Å². The summed E-state index contributed by atoms with van der Waals surface area (Å²) in [5.41, 5.74) is 3.75. The Kier molecular flexibility index (Phi) is 5.29. The van der Waals surface area contributed by atoms with Gasteiger partial charge in [0.1, 0.15) is 0 Å². The van der Waals surface area contributed by atoms with Gasteiger partial charge in [0.15, 0.2) is 0 Å². The van der Waals surface area contributed by atoms with Gasteiger partial charge in [0.2, 0.25) is 0 Å². The number of anilines is 1. The number of carbonyl (C=O) groups is 1. The van der Waals surface area contributed by atoms with Crippen molar-refractivity contribution in [3.63, 3.8) is 0 Å². The summed E-state index contributed by atoms with van der Waals surface area (Å²) in [6.07, 6.45) is 7.74. The standard InChI is InChI=1S/C21H23N3O/c1-3-6-20(24-14-13-22-15-24)17-9-11-18(12-10-17)21(25)23-19-8-5-4-7-16(19)2/h4-5,7-15,20H,3,6H2,1-2H3,(H,23,25). The maximum Gasteiger partial charge on any atom is 0.255 e. The van der Waals surface area contributed by atoms with Crippen molar-refractivity contribution in [2.24, 2.45) is 0 Å². The van der Waals surface area contributed by atoms with E-state index >= 15 is 0 Å². The summed E-state index contributed by atoms with van der Waals surface area (Å²) >= 11 is 0. The molecule has 0 saturated carbocycles. The molecule has 1 N–H and O–H groups in total. The van der Waals surface area contributed by atoms with Gasteiger partial charge in [-0.2, -0.15) is 0 Å². The highest BCUT2D eigenvalue weighted by molar-refractivity contribution is 6.04. The fraction of sp³-hybridized carbons (Fsp3) is 0.238. The molecule has 1 atom stereocenters. The van der Waals surface area contributed by atoms with E-state index in [-0.39, 0.29) is 11.9 Å². The number of hydrogen-bond acceptors (Lipinski definition) is 2. The minimum Gasteiger partial charge on any atom is -0.330 e. The summed E-state index contributed by atoms with van der Waals surface area (Å²) in [6, 6.07) is 15.9. The Morgan fingerprint density at radius 3 is 2.56 bits per heavy atom. The van der Waals surface area contributed by atoms with Crippen LogP contribution in [-0.4, -0.2) is 15.5 Å². The Balaban J connectivity index is 1.77. The zero-order valence-corrected chi connectivity index (χ0v) is 14.6. The van der Waals surface area contributed by atoms with E-state index in [1.54, 1.807) is 6.20 Å². The van der Waals surface area contributed by atoms with Gasteiger partial charge in [0.25, 0.3) is 5.91 Å². The molecule has 25 heavy (non-hydrogen) atoms. The molecule has 3 aromatic rings. The Hall–Kier alpha value is -2.88. The normalized spacial score (nSPS) is 11.9. The predicted octanol–water partition coefficient (Wildman–Crippen LogP) is 4.83. The van der Waals surface area contributed by atoms with Gasteiger partial charge in [-0.15, -0.1) is 0 Å². The Morgan fingerprint density at radius 2 is 1.92 bits per heavy atom. The Morgan fingerprint density at radius 1 is 1.16 bits per heavy atom. The first-order chi connectivity index (χ1) is 12.2. The first-order valence-corrected chi connectivity index (χ1v) is 8.63. The smallest absolute Gasteiger partial charge is 0.255 e. The third kappa shape index (κ3) is 3.97. The number of amides is 1. The fourth-order valence-electron chi connectivity index (χ4n) is 2.98. The molecule has 0 saturated heterocycles. The molecule has 128 valence electrons. The van der Waals surface area contributed by atoms with E-state index < -0.39 is 0 Å². The van der Waals surface area contributed by atoms with Crippen LogP contribution < -0.4 is 5.32 Å². The summed E-state index contributed by atoms with van der Waals surface area (Å²) in [5.74, 6) is -0.0875. The lowest BCUT2D eigenvalue weighted by Gasteiger charge is -2.18. The molecule has 0 aliphatic carbocycles. The summed E-state index contributed by atoms with van der Waals surface area (Å²) in [7, 11) is 0. The lowest BCUT2D eigenvalue weighted by atomic mass is 10.0. The average molecular weight is 333 g/mol. The van der Waals surface area contributed by atoms with E-state index in [0.29, 0.717) is 5.56 Å². The molecule has 1 amide bonds. The third-order valence-corrected chi connectivity index (χ3v) is 4.40. The number of carbonyl (C=O) groups excluding carboxylic acids is 1. The average Bonchev–Trinajstić information content (AvgIpc) is 3.16. The van der Waals surface area contributed by atoms with E-state index in [9.17, 15) is 4.79 Å². The molecule has 3 rings (SSSR count). The first-order valence-electron chi connectivity index (χ1n) is 8.63. The summed E-state index contributed by atoms with van der Waals surface area (Å²) in [4.78, 5) is 16.6. The highest BCUT2D eigenvalue weighted by atomic mass is 16.1. The van der Waals surface area contributed by atoms with E-state index in [1.165, 1.54) is 5.56 Å². The van der Waals surface area contributed by atoms with Gasteiger partial charge in [-0.3, -0.25) is 4.79 Å². The molecule has 4 heteroatoms. The van der Waals surface area contributed by atoms with Crippen LogP contribution in [0.5, 0.6) is 0 Å². The zero-order chi connectivity index (χ0) is 17.6. The summed E-state index contributed by atoms with van der Waals surface area (Å²) in [5, 5.41) is 2.97. The van der Waals surface area contributed by atoms with Crippen LogP contribution in [0.2, 0.25) is 0 Å². The zero-order valence-electron chi connectivity index (χ0n) is 14.6. The van der Waals surface area contributed by atoms with Crippen LogP contribution in [0.15, 0.2) is 67.3 Å². The molecular formula is C21H23N3O. The predicted molar refractivity (Wildman–Crippen MR) is 101 cm³/mol. The van der Waals surface area contributed by atoms with Crippen LogP contribution in [0.3, 0.4) is 0 Å². The second-order valence-corrected chi connectivity index (χ2v) is 6.21. The lowest BCUT2D eigenvalue weighted by molar-refractivity contribution is 0.102. The fourth-order valence-corrected chi connectivity index (χ4v) is 2.98. The second kappa shape index (κ2) is 7.79. The minimum absolute atomic E-state index is 0.0875. The van der Waals surface area contributed by atoms with Crippen LogP contribution in [0.1, 0.15) is 47.3 Å². The highest BCUT2D eigenvalue weighted by Crippen LogP contribution is 2.24. The van der Waals surface area contributed by atoms with E-state index in [1.807, 2.05) is 68.0 Å². The van der Waals surface area contributed by atoms with Gasteiger partial charge < -0.3 is 9.88 Å². The quantitative estimate of drug-likeness (QED) is 0.702. The van der Waals surface area contributed by atoms with Crippen LogP contribution in [-0.2, 0) is 0 Å². The van der Waals surface area contributed by atoms with Crippen LogP contribution in [0, 0.1) is 6.92 Å². The Labute approximate surface area is 148 Å². The molecule has 0 bridgehead atoms. The van der Waals surface area contributed by atoms with Crippen molar-refractivity contribution in [3.8, 4) is 0 Å². The van der Waals surface area contributed by atoms with Crippen molar-refractivity contribution < 1.29 is 4.79 Å². The maximum absolute atomic E-state index is 12.5.